The van der Waals surface area contributed by atoms with Crippen molar-refractivity contribution >= 4 is 17.3 Å². The summed E-state index contributed by atoms with van der Waals surface area (Å²) in [4.78, 5) is 14.4. The van der Waals surface area contributed by atoms with E-state index in [1.54, 1.807) is 44.1 Å². The van der Waals surface area contributed by atoms with Gasteiger partial charge < -0.3 is 14.9 Å². The Balaban J connectivity index is 3.56. The highest BCUT2D eigenvalue weighted by molar-refractivity contribution is 5.98. The fraction of sp³-hybridized carbons (Fsp3) is 0.364. The molecular weight excluding hydrogens is 211 g/mol. The summed E-state index contributed by atoms with van der Waals surface area (Å²) in [5.74, 6) is -1.98. The van der Waals surface area contributed by atoms with Crippen molar-refractivity contribution in [3.8, 4) is 0 Å². The third-order valence-corrected chi connectivity index (χ3v) is 2.25. The number of nitrogens with zero attached hydrogens (tertiary/aromatic N) is 2. The van der Waals surface area contributed by atoms with Gasteiger partial charge in [-0.1, -0.05) is 0 Å². The molecule has 0 heterocycles. The number of hydrogen-bond donors (Lipinski definition) is 1. The molecule has 0 aromatic heterocycles. The van der Waals surface area contributed by atoms with Crippen LogP contribution in [0.2, 0.25) is 0 Å². The Labute approximate surface area is 93.9 Å². The summed E-state index contributed by atoms with van der Waals surface area (Å²) in [6.07, 6.45) is 0. The quantitative estimate of drug-likeness (QED) is 0.851. The van der Waals surface area contributed by atoms with Crippen molar-refractivity contribution in [3.05, 3.63) is 23.5 Å². The van der Waals surface area contributed by atoms with E-state index in [2.05, 4.69) is 0 Å². The van der Waals surface area contributed by atoms with Crippen molar-refractivity contribution in [2.45, 2.75) is 0 Å². The highest BCUT2D eigenvalue weighted by Gasteiger charge is 2.21. The fourth-order valence-corrected chi connectivity index (χ4v) is 1.57. The van der Waals surface area contributed by atoms with E-state index in [0.717, 1.165) is 0 Å². The Hall–Kier alpha value is -1.78. The van der Waals surface area contributed by atoms with Crippen LogP contribution < -0.4 is 9.80 Å². The predicted octanol–water partition coefficient (Wildman–Crippen LogP) is 1.66. The molecular formula is C11H15FN2O2. The van der Waals surface area contributed by atoms with E-state index in [9.17, 15) is 9.18 Å². The van der Waals surface area contributed by atoms with Crippen molar-refractivity contribution in [2.24, 2.45) is 0 Å². The van der Waals surface area contributed by atoms with Crippen LogP contribution in [0, 0.1) is 5.82 Å². The lowest BCUT2D eigenvalue weighted by Gasteiger charge is -2.24. The molecule has 0 radical (unpaired) electrons. The second-order valence-electron chi connectivity index (χ2n) is 3.88. The number of carboxylic acid groups (broad SMARTS) is 1. The minimum absolute atomic E-state index is 0.295. The van der Waals surface area contributed by atoms with Crippen LogP contribution in [0.25, 0.3) is 0 Å². The first-order valence-corrected chi connectivity index (χ1v) is 4.76. The highest BCUT2D eigenvalue weighted by atomic mass is 19.1. The number of carboxylic acids is 1. The zero-order valence-electron chi connectivity index (χ0n) is 9.78. The zero-order valence-corrected chi connectivity index (χ0v) is 9.78. The summed E-state index contributed by atoms with van der Waals surface area (Å²) >= 11 is 0. The Morgan fingerprint density at radius 2 is 1.75 bits per heavy atom. The number of benzene rings is 1. The molecule has 88 valence electrons. The Kier molecular flexibility index (Phi) is 3.37. The first kappa shape index (κ1) is 12.3. The van der Waals surface area contributed by atoms with E-state index < -0.39 is 11.8 Å². The third kappa shape index (κ3) is 2.08. The van der Waals surface area contributed by atoms with Gasteiger partial charge in [-0.15, -0.1) is 0 Å². The van der Waals surface area contributed by atoms with Crippen LogP contribution in [0.3, 0.4) is 0 Å². The van der Waals surface area contributed by atoms with E-state index >= 15 is 0 Å². The van der Waals surface area contributed by atoms with E-state index in [4.69, 9.17) is 5.11 Å². The van der Waals surface area contributed by atoms with Crippen LogP contribution >= 0.6 is 0 Å². The summed E-state index contributed by atoms with van der Waals surface area (Å²) in [6.45, 7) is 0. The summed E-state index contributed by atoms with van der Waals surface area (Å²) in [5, 5.41) is 9.02. The van der Waals surface area contributed by atoms with Gasteiger partial charge in [0.2, 0.25) is 0 Å². The van der Waals surface area contributed by atoms with Gasteiger partial charge in [-0.05, 0) is 12.1 Å². The molecule has 1 aromatic carbocycles. The summed E-state index contributed by atoms with van der Waals surface area (Å²) in [7, 11) is 6.94. The van der Waals surface area contributed by atoms with Gasteiger partial charge in [0.05, 0.1) is 11.4 Å². The second-order valence-corrected chi connectivity index (χ2v) is 3.88. The maximum atomic E-state index is 13.5. The molecule has 1 N–H and O–H groups in total. The van der Waals surface area contributed by atoms with Gasteiger partial charge in [0.1, 0.15) is 11.4 Å². The van der Waals surface area contributed by atoms with Gasteiger partial charge in [0.25, 0.3) is 0 Å². The summed E-state index contributed by atoms with van der Waals surface area (Å²) < 4.78 is 13.5. The van der Waals surface area contributed by atoms with Crippen molar-refractivity contribution < 1.29 is 14.3 Å². The van der Waals surface area contributed by atoms with E-state index in [1.807, 2.05) is 0 Å². The number of carbonyl (C=O) groups is 1. The molecule has 4 nitrogen and oxygen atoms in total. The molecule has 5 heteroatoms. The van der Waals surface area contributed by atoms with Crippen LogP contribution in [0.15, 0.2) is 12.1 Å². The van der Waals surface area contributed by atoms with Crippen molar-refractivity contribution in [2.75, 3.05) is 38.0 Å². The predicted molar refractivity (Wildman–Crippen MR) is 62.0 cm³/mol. The van der Waals surface area contributed by atoms with Crippen molar-refractivity contribution in [1.29, 1.82) is 0 Å². The maximum absolute atomic E-state index is 13.5. The number of anilines is 2. The number of halogens is 1. The minimum Gasteiger partial charge on any atom is -0.478 e. The standard InChI is InChI=1S/C11H15FN2O2/c1-13(2)8-6-5-7(12)9(11(15)16)10(8)14(3)4/h5-6H,1-4H3,(H,15,16). The van der Waals surface area contributed by atoms with Crippen LogP contribution in [0.4, 0.5) is 15.8 Å². The lowest BCUT2D eigenvalue weighted by Crippen LogP contribution is -2.21. The molecule has 0 fully saturated rings. The Morgan fingerprint density at radius 1 is 1.19 bits per heavy atom. The van der Waals surface area contributed by atoms with E-state index in [-0.39, 0.29) is 5.56 Å². The molecule has 0 amide bonds. The molecule has 0 bridgehead atoms. The van der Waals surface area contributed by atoms with E-state index in [1.165, 1.54) is 6.07 Å². The monoisotopic (exact) mass is 226 g/mol. The molecule has 0 aliphatic rings. The molecule has 0 atom stereocenters. The van der Waals surface area contributed by atoms with Crippen LogP contribution in [-0.2, 0) is 0 Å². The maximum Gasteiger partial charge on any atom is 0.340 e. The third-order valence-electron chi connectivity index (χ3n) is 2.25. The van der Waals surface area contributed by atoms with Crippen molar-refractivity contribution in [3.63, 3.8) is 0 Å². The molecule has 1 rings (SSSR count). The second kappa shape index (κ2) is 4.38. The molecule has 0 saturated heterocycles. The van der Waals surface area contributed by atoms with Gasteiger partial charge >= 0.3 is 5.97 Å². The van der Waals surface area contributed by atoms with Crippen LogP contribution in [0.1, 0.15) is 10.4 Å². The first-order chi connectivity index (χ1) is 7.36. The average Bonchev–Trinajstić information content (AvgIpc) is 2.15. The topological polar surface area (TPSA) is 43.8 Å². The smallest absolute Gasteiger partial charge is 0.340 e. The molecule has 0 unspecified atom stereocenters. The molecule has 16 heavy (non-hydrogen) atoms. The SMILES string of the molecule is CN(C)c1ccc(F)c(C(=O)O)c1N(C)C. The molecule has 1 aromatic rings. The van der Waals surface area contributed by atoms with Crippen LogP contribution in [0.5, 0.6) is 0 Å². The Bertz CT molecular complexity index is 417. The largest absolute Gasteiger partial charge is 0.478 e. The van der Waals surface area contributed by atoms with Crippen LogP contribution in [-0.4, -0.2) is 39.3 Å². The number of rotatable bonds is 3. The number of hydrogen-bond acceptors (Lipinski definition) is 3. The fourth-order valence-electron chi connectivity index (χ4n) is 1.57. The number of aromatic carboxylic acids is 1. The normalized spacial score (nSPS) is 10.1. The minimum atomic E-state index is -1.26. The zero-order chi connectivity index (χ0) is 12.5. The molecule has 0 saturated carbocycles. The first-order valence-electron chi connectivity index (χ1n) is 4.76. The molecule has 0 spiro atoms. The molecule has 0 aliphatic heterocycles. The summed E-state index contributed by atoms with van der Waals surface area (Å²) in [6, 6.07) is 2.74. The Morgan fingerprint density at radius 3 is 2.12 bits per heavy atom. The lowest BCUT2D eigenvalue weighted by atomic mass is 10.1. The van der Waals surface area contributed by atoms with E-state index in [0.29, 0.717) is 11.4 Å². The molecule has 0 aliphatic carbocycles. The lowest BCUT2D eigenvalue weighted by molar-refractivity contribution is 0.0692. The van der Waals surface area contributed by atoms with Gasteiger partial charge in [-0.2, -0.15) is 0 Å². The highest BCUT2D eigenvalue weighted by Crippen LogP contribution is 2.32. The van der Waals surface area contributed by atoms with Crippen molar-refractivity contribution in [1.82, 2.24) is 0 Å². The van der Waals surface area contributed by atoms with Gasteiger partial charge in [0, 0.05) is 28.2 Å². The van der Waals surface area contributed by atoms with Gasteiger partial charge in [0.15, 0.2) is 0 Å². The van der Waals surface area contributed by atoms with Gasteiger partial charge in [-0.25, -0.2) is 9.18 Å². The average molecular weight is 226 g/mol. The summed E-state index contributed by atoms with van der Waals surface area (Å²) in [5.41, 5.74) is 0.748. The van der Waals surface area contributed by atoms with Gasteiger partial charge in [-0.3, -0.25) is 0 Å².